The second-order valence-electron chi connectivity index (χ2n) is 9.62. The van der Waals surface area contributed by atoms with Crippen molar-refractivity contribution in [2.45, 2.75) is 32.9 Å². The molecule has 4 aromatic rings. The summed E-state index contributed by atoms with van der Waals surface area (Å²) in [5, 5.41) is 3.99. The van der Waals surface area contributed by atoms with Crippen molar-refractivity contribution in [1.29, 1.82) is 0 Å². The Bertz CT molecular complexity index is 1510. The van der Waals surface area contributed by atoms with Crippen molar-refractivity contribution in [2.24, 2.45) is 0 Å². The summed E-state index contributed by atoms with van der Waals surface area (Å²) in [6.07, 6.45) is 2.78. The van der Waals surface area contributed by atoms with Gasteiger partial charge in [-0.2, -0.15) is 0 Å². The third-order valence-corrected chi connectivity index (χ3v) is 8.84. The molecule has 7 nitrogen and oxygen atoms in total. The second kappa shape index (κ2) is 10.9. The fourth-order valence-corrected chi connectivity index (χ4v) is 6.79. The summed E-state index contributed by atoms with van der Waals surface area (Å²) in [5.41, 5.74) is 4.59. The van der Waals surface area contributed by atoms with Crippen LogP contribution in [0.25, 0.3) is 10.9 Å². The van der Waals surface area contributed by atoms with Crippen molar-refractivity contribution >= 4 is 46.6 Å². The van der Waals surface area contributed by atoms with Gasteiger partial charge >= 0.3 is 229 Å². The Hall–Kier alpha value is -3.74. The molecule has 3 aromatic carbocycles. The Morgan fingerprint density at radius 2 is 1.74 bits per heavy atom. The minimum absolute atomic E-state index is 0.0228. The van der Waals surface area contributed by atoms with E-state index in [0.29, 0.717) is 35.7 Å². The number of fused-ring (bicyclic) bond motifs is 2. The summed E-state index contributed by atoms with van der Waals surface area (Å²) in [5.74, 6) is 1.34. The van der Waals surface area contributed by atoms with Crippen molar-refractivity contribution in [3.63, 3.8) is 0 Å². The third kappa shape index (κ3) is 5.28. The molecule has 0 fully saturated rings. The number of aromatic amines is 1. The summed E-state index contributed by atoms with van der Waals surface area (Å²) >= 11 is -0.0416. The Morgan fingerprint density at radius 1 is 0.974 bits per heavy atom. The third-order valence-electron chi connectivity index (χ3n) is 6.64. The molecule has 0 bridgehead atoms. The molecule has 2 amide bonds. The molecule has 1 aromatic heterocycles. The second-order valence-corrected chi connectivity index (χ2v) is 12.0. The van der Waals surface area contributed by atoms with Gasteiger partial charge in [0.05, 0.1) is 0 Å². The molecule has 38 heavy (non-hydrogen) atoms. The summed E-state index contributed by atoms with van der Waals surface area (Å²) in [6, 6.07) is 17.7. The number of rotatable bonds is 7. The van der Waals surface area contributed by atoms with Crippen molar-refractivity contribution in [3.8, 4) is 11.5 Å². The van der Waals surface area contributed by atoms with Crippen LogP contribution in [0, 0.1) is 0 Å². The van der Waals surface area contributed by atoms with E-state index in [1.165, 1.54) is 5.56 Å². The topological polar surface area (TPSA) is 83.7 Å². The van der Waals surface area contributed by atoms with Crippen molar-refractivity contribution in [3.05, 3.63) is 83.0 Å². The van der Waals surface area contributed by atoms with E-state index in [2.05, 4.69) is 16.4 Å². The summed E-state index contributed by atoms with van der Waals surface area (Å²) in [4.78, 5) is 31.2. The Morgan fingerprint density at radius 3 is 2.47 bits per heavy atom. The number of nitrogens with one attached hydrogen (secondary N) is 2. The number of methoxy groups -OCH3 is 2. The van der Waals surface area contributed by atoms with E-state index in [1.54, 1.807) is 14.2 Å². The van der Waals surface area contributed by atoms with Crippen LogP contribution in [0.2, 0.25) is 0 Å². The number of H-pyrrole nitrogens is 1. The zero-order valence-electron chi connectivity index (χ0n) is 22.0. The van der Waals surface area contributed by atoms with Gasteiger partial charge in [0.25, 0.3) is 0 Å². The number of hydrogen-bond acceptors (Lipinski definition) is 4. The van der Waals surface area contributed by atoms with Crippen LogP contribution in [0.4, 0.5) is 0 Å². The maximum absolute atomic E-state index is 13.5. The maximum atomic E-state index is 13.5. The number of hydrogen-bond donors (Lipinski definition) is 2. The number of carbonyl (C=O) groups is 2. The molecule has 1 aliphatic rings. The average molecular weight is 577 g/mol. The average Bonchev–Trinajstić information content (AvgIpc) is 3.33. The van der Waals surface area contributed by atoms with Gasteiger partial charge in [0.2, 0.25) is 0 Å². The van der Waals surface area contributed by atoms with Crippen LogP contribution >= 0.6 is 0 Å². The van der Waals surface area contributed by atoms with Gasteiger partial charge in [0.15, 0.2) is 0 Å². The number of aromatic nitrogens is 1. The molecule has 8 heteroatoms. The molecule has 0 saturated heterocycles. The molecule has 196 valence electrons. The first kappa shape index (κ1) is 25.9. The SMILES string of the molecule is COc1cc2c(cc1OC)CN(C(=O)c1cccc([Se]c3c[nH]c4ccc(C(=O)NC(C)C)cc34)c1)CC2. The molecule has 2 N–H and O–H groups in total. The van der Waals surface area contributed by atoms with Gasteiger partial charge in [-0.05, 0) is 0 Å². The van der Waals surface area contributed by atoms with Crippen LogP contribution in [-0.4, -0.2) is 63.5 Å². The molecule has 2 heterocycles. The van der Waals surface area contributed by atoms with Crippen LogP contribution in [0.5, 0.6) is 11.5 Å². The molecular weight excluding hydrogens is 545 g/mol. The molecule has 5 rings (SSSR count). The minimum atomic E-state index is -0.0756. The van der Waals surface area contributed by atoms with Gasteiger partial charge < -0.3 is 0 Å². The molecule has 0 radical (unpaired) electrons. The van der Waals surface area contributed by atoms with Crippen LogP contribution < -0.4 is 23.7 Å². The monoisotopic (exact) mass is 577 g/mol. The van der Waals surface area contributed by atoms with E-state index in [9.17, 15) is 9.59 Å². The molecule has 1 aliphatic heterocycles. The van der Waals surface area contributed by atoms with E-state index >= 15 is 0 Å². The first-order valence-corrected chi connectivity index (χ1v) is 14.3. The van der Waals surface area contributed by atoms with Crippen LogP contribution in [-0.2, 0) is 13.0 Å². The number of ether oxygens (including phenoxy) is 2. The molecule has 0 unspecified atom stereocenters. The van der Waals surface area contributed by atoms with E-state index in [-0.39, 0.29) is 32.8 Å². The number of amides is 2. The fraction of sp³-hybridized carbons (Fsp3) is 0.267. The summed E-state index contributed by atoms with van der Waals surface area (Å²) in [6.45, 7) is 5.09. The Balaban J connectivity index is 1.35. The molecule has 0 atom stereocenters. The quantitative estimate of drug-likeness (QED) is 0.331. The van der Waals surface area contributed by atoms with E-state index in [4.69, 9.17) is 9.47 Å². The van der Waals surface area contributed by atoms with Gasteiger partial charge in [-0.3, -0.25) is 0 Å². The van der Waals surface area contributed by atoms with E-state index in [0.717, 1.165) is 31.8 Å². The molecule has 0 spiro atoms. The van der Waals surface area contributed by atoms with Crippen LogP contribution in [0.3, 0.4) is 0 Å². The molecular formula is C30H31N3O4Se. The standard InChI is InChI=1S/C30H31N3O4Se/c1-18(2)32-29(34)20-8-9-25-24(13-20)28(16-31-25)38-23-7-5-6-21(12-23)30(35)33-11-10-19-14-26(36-3)27(37-4)15-22(19)17-33/h5-9,12-16,18,31H,10-11,17H2,1-4H3,(H,32,34). The van der Waals surface area contributed by atoms with Gasteiger partial charge in [0, 0.05) is 0 Å². The normalized spacial score (nSPS) is 12.9. The van der Waals surface area contributed by atoms with Crippen LogP contribution in [0.1, 0.15) is 45.7 Å². The van der Waals surface area contributed by atoms with Gasteiger partial charge in [-0.15, -0.1) is 0 Å². The molecule has 0 saturated carbocycles. The predicted octanol–water partition coefficient (Wildman–Crippen LogP) is 3.18. The summed E-state index contributed by atoms with van der Waals surface area (Å²) < 4.78 is 13.1. The first-order chi connectivity index (χ1) is 18.4. The van der Waals surface area contributed by atoms with Crippen LogP contribution in [0.15, 0.2) is 60.8 Å². The summed E-state index contributed by atoms with van der Waals surface area (Å²) in [7, 11) is 3.26. The van der Waals surface area contributed by atoms with Crippen molar-refractivity contribution in [1.82, 2.24) is 15.2 Å². The van der Waals surface area contributed by atoms with Gasteiger partial charge in [-0.1, -0.05) is 0 Å². The zero-order valence-corrected chi connectivity index (χ0v) is 23.7. The van der Waals surface area contributed by atoms with Gasteiger partial charge in [-0.25, -0.2) is 0 Å². The Kier molecular flexibility index (Phi) is 7.45. The van der Waals surface area contributed by atoms with Crippen molar-refractivity contribution < 1.29 is 19.1 Å². The number of nitrogens with zero attached hydrogens (tertiary/aromatic N) is 1. The Labute approximate surface area is 228 Å². The fourth-order valence-electron chi connectivity index (χ4n) is 4.72. The number of benzene rings is 3. The predicted molar refractivity (Wildman–Crippen MR) is 150 cm³/mol. The zero-order chi connectivity index (χ0) is 26.8. The number of carbonyl (C=O) groups excluding carboxylic acids is 2. The van der Waals surface area contributed by atoms with E-state index < -0.39 is 0 Å². The van der Waals surface area contributed by atoms with Crippen molar-refractivity contribution in [2.75, 3.05) is 20.8 Å². The molecule has 0 aliphatic carbocycles. The van der Waals surface area contributed by atoms with Gasteiger partial charge in [0.1, 0.15) is 0 Å². The van der Waals surface area contributed by atoms with E-state index in [1.807, 2.05) is 73.5 Å². The first-order valence-electron chi connectivity index (χ1n) is 12.6.